The van der Waals surface area contributed by atoms with Crippen LogP contribution >= 0.6 is 0 Å². The Labute approximate surface area is 357 Å². The maximum absolute atomic E-state index is 4.75. The molecule has 0 spiro atoms. The van der Waals surface area contributed by atoms with E-state index < -0.39 is 0 Å². The van der Waals surface area contributed by atoms with E-state index >= 15 is 0 Å². The second kappa shape index (κ2) is 16.4. The predicted octanol–water partition coefficient (Wildman–Crippen LogP) is 16.5. The van der Waals surface area contributed by atoms with E-state index in [1.165, 1.54) is 43.8 Å². The molecule has 0 atom stereocenters. The van der Waals surface area contributed by atoms with E-state index in [2.05, 4.69) is 253 Å². The number of aromatic nitrogens is 1. The summed E-state index contributed by atoms with van der Waals surface area (Å²) in [4.78, 5) is 2.37. The quantitative estimate of drug-likeness (QED) is 0.126. The van der Waals surface area contributed by atoms with Crippen molar-refractivity contribution in [2.75, 3.05) is 4.90 Å². The first-order valence-corrected chi connectivity index (χ1v) is 20.9. The number of benzene rings is 9. The van der Waals surface area contributed by atoms with Crippen molar-refractivity contribution in [3.05, 3.63) is 249 Å². The van der Waals surface area contributed by atoms with Crippen molar-refractivity contribution < 1.29 is 0 Å². The molecule has 290 valence electrons. The third-order valence-corrected chi connectivity index (χ3v) is 11.7. The molecule has 0 saturated carbocycles. The van der Waals surface area contributed by atoms with Crippen molar-refractivity contribution in [2.24, 2.45) is 0 Å². The van der Waals surface area contributed by atoms with Gasteiger partial charge < -0.3 is 9.47 Å². The van der Waals surface area contributed by atoms with Crippen molar-refractivity contribution in [3.63, 3.8) is 0 Å². The van der Waals surface area contributed by atoms with E-state index in [0.29, 0.717) is 0 Å². The Hall–Kier alpha value is -7.94. The third kappa shape index (κ3) is 7.05. The Bertz CT molecular complexity index is 3200. The number of hydrogen-bond donors (Lipinski definition) is 0. The van der Waals surface area contributed by atoms with Crippen LogP contribution in [0.5, 0.6) is 0 Å². The molecule has 1 heterocycles. The lowest BCUT2D eigenvalue weighted by molar-refractivity contribution is 1.24. The molecule has 9 aromatic carbocycles. The van der Waals surface area contributed by atoms with Gasteiger partial charge in [-0.1, -0.05) is 195 Å². The molecule has 1 aromatic heterocycles. The van der Waals surface area contributed by atoms with Crippen molar-refractivity contribution in [2.45, 2.75) is 6.92 Å². The highest BCUT2D eigenvalue weighted by molar-refractivity contribution is 6.14. The molecular formula is C59H44N2. The smallest absolute Gasteiger partial charge is 0.0541 e. The Morgan fingerprint density at radius 1 is 0.426 bits per heavy atom. The summed E-state index contributed by atoms with van der Waals surface area (Å²) in [6.45, 7) is 6.80. The van der Waals surface area contributed by atoms with Gasteiger partial charge in [0.1, 0.15) is 0 Å². The van der Waals surface area contributed by atoms with Crippen molar-refractivity contribution in [1.82, 2.24) is 4.57 Å². The summed E-state index contributed by atoms with van der Waals surface area (Å²) in [6.07, 6.45) is 6.35. The standard InChI is InChI=1S/C59H44N2/c1-3-4-27-51(42(2)60-58-32-15-13-30-56(58)57-31-14-16-33-59(57)60)45-34-36-48(37-35-45)61(49-25-17-23-46(40-49)43-19-7-5-8-20-43)50-26-18-24-47(41-50)53-39-38-52(44-21-9-6-10-22-44)54-28-11-12-29-55(53)54/h3-41H,2H2,1H3/b4-3-,51-27+. The van der Waals surface area contributed by atoms with E-state index in [1.54, 1.807) is 0 Å². The second-order valence-electron chi connectivity index (χ2n) is 15.3. The molecule has 0 aliphatic rings. The minimum absolute atomic E-state index is 0.925. The summed E-state index contributed by atoms with van der Waals surface area (Å²) in [5.41, 5.74) is 15.7. The Morgan fingerprint density at radius 2 is 0.902 bits per heavy atom. The van der Waals surface area contributed by atoms with Gasteiger partial charge in [0.2, 0.25) is 0 Å². The average Bonchev–Trinajstić information content (AvgIpc) is 3.67. The van der Waals surface area contributed by atoms with Gasteiger partial charge in [-0.2, -0.15) is 0 Å². The predicted molar refractivity (Wildman–Crippen MR) is 263 cm³/mol. The molecule has 0 unspecified atom stereocenters. The van der Waals surface area contributed by atoms with Gasteiger partial charge in [-0.25, -0.2) is 0 Å². The Kier molecular flexibility index (Phi) is 10.0. The molecule has 61 heavy (non-hydrogen) atoms. The second-order valence-corrected chi connectivity index (χ2v) is 15.3. The van der Waals surface area contributed by atoms with Crippen LogP contribution in [0.4, 0.5) is 17.1 Å². The highest BCUT2D eigenvalue weighted by atomic mass is 15.1. The van der Waals surface area contributed by atoms with E-state index in [9.17, 15) is 0 Å². The van der Waals surface area contributed by atoms with E-state index in [1.807, 2.05) is 0 Å². The third-order valence-electron chi connectivity index (χ3n) is 11.7. The van der Waals surface area contributed by atoms with E-state index in [0.717, 1.165) is 56.1 Å². The Balaban J connectivity index is 1.09. The normalized spacial score (nSPS) is 11.8. The lowest BCUT2D eigenvalue weighted by atomic mass is 9.92. The van der Waals surface area contributed by atoms with Gasteiger partial charge in [0, 0.05) is 39.1 Å². The van der Waals surface area contributed by atoms with Crippen LogP contribution in [0, 0.1) is 0 Å². The van der Waals surface area contributed by atoms with Crippen LogP contribution in [0.25, 0.3) is 77.2 Å². The fraction of sp³-hybridized carbons (Fsp3) is 0.0169. The summed E-state index contributed by atoms with van der Waals surface area (Å²) in [6, 6.07) is 78.5. The maximum atomic E-state index is 4.75. The summed E-state index contributed by atoms with van der Waals surface area (Å²) in [5.74, 6) is 0. The largest absolute Gasteiger partial charge is 0.310 e. The van der Waals surface area contributed by atoms with Crippen LogP contribution in [-0.4, -0.2) is 4.57 Å². The molecular weight excluding hydrogens is 737 g/mol. The monoisotopic (exact) mass is 780 g/mol. The van der Waals surface area contributed by atoms with Gasteiger partial charge in [-0.3, -0.25) is 0 Å². The molecule has 0 bridgehead atoms. The van der Waals surface area contributed by atoms with Crippen molar-refractivity contribution >= 4 is 60.9 Å². The molecule has 0 saturated heterocycles. The van der Waals surface area contributed by atoms with Gasteiger partial charge in [0.25, 0.3) is 0 Å². The molecule has 0 aliphatic carbocycles. The lowest BCUT2D eigenvalue weighted by Gasteiger charge is -2.27. The number of fused-ring (bicyclic) bond motifs is 4. The van der Waals surface area contributed by atoms with Crippen LogP contribution in [0.1, 0.15) is 12.5 Å². The molecule has 0 radical (unpaired) electrons. The summed E-state index contributed by atoms with van der Waals surface area (Å²) in [7, 11) is 0. The molecule has 0 fully saturated rings. The first-order valence-electron chi connectivity index (χ1n) is 20.9. The zero-order valence-electron chi connectivity index (χ0n) is 34.1. The van der Waals surface area contributed by atoms with Crippen LogP contribution in [0.3, 0.4) is 0 Å². The number of allylic oxidation sites excluding steroid dienone is 5. The van der Waals surface area contributed by atoms with E-state index in [-0.39, 0.29) is 0 Å². The minimum Gasteiger partial charge on any atom is -0.310 e. The SMILES string of the molecule is C=C(/C(=C\C=C/C)c1ccc(N(c2cccc(-c3ccccc3)c2)c2cccc(-c3ccc(-c4ccccc4)c4ccccc34)c2)cc1)n1c2ccccc2c2ccccc21. The summed E-state index contributed by atoms with van der Waals surface area (Å²) < 4.78 is 2.30. The van der Waals surface area contributed by atoms with Crippen LogP contribution in [0.15, 0.2) is 243 Å². The molecule has 0 aliphatic heterocycles. The molecule has 0 N–H and O–H groups in total. The van der Waals surface area contributed by atoms with Crippen molar-refractivity contribution in [1.29, 1.82) is 0 Å². The Morgan fingerprint density at radius 3 is 1.49 bits per heavy atom. The molecule has 2 heteroatoms. The average molecular weight is 781 g/mol. The van der Waals surface area contributed by atoms with Gasteiger partial charge in [0.05, 0.1) is 11.0 Å². The van der Waals surface area contributed by atoms with Crippen molar-refractivity contribution in [3.8, 4) is 33.4 Å². The first-order chi connectivity index (χ1) is 30.2. The van der Waals surface area contributed by atoms with Crippen LogP contribution in [-0.2, 0) is 0 Å². The molecule has 10 rings (SSSR count). The molecule has 0 amide bonds. The number of nitrogens with zero attached hydrogens (tertiary/aromatic N) is 2. The highest BCUT2D eigenvalue weighted by Gasteiger charge is 2.19. The zero-order valence-corrected chi connectivity index (χ0v) is 34.1. The fourth-order valence-corrected chi connectivity index (χ4v) is 8.81. The number of hydrogen-bond acceptors (Lipinski definition) is 1. The van der Waals surface area contributed by atoms with Gasteiger partial charge in [-0.05, 0) is 105 Å². The van der Waals surface area contributed by atoms with Crippen LogP contribution in [0.2, 0.25) is 0 Å². The number of para-hydroxylation sites is 2. The van der Waals surface area contributed by atoms with Gasteiger partial charge >= 0.3 is 0 Å². The fourth-order valence-electron chi connectivity index (χ4n) is 8.81. The lowest BCUT2D eigenvalue weighted by Crippen LogP contribution is -2.10. The highest BCUT2D eigenvalue weighted by Crippen LogP contribution is 2.42. The minimum atomic E-state index is 0.925. The summed E-state index contributed by atoms with van der Waals surface area (Å²) in [5, 5.41) is 4.90. The maximum Gasteiger partial charge on any atom is 0.0541 e. The van der Waals surface area contributed by atoms with E-state index in [4.69, 9.17) is 6.58 Å². The zero-order chi connectivity index (χ0) is 41.1. The number of anilines is 3. The van der Waals surface area contributed by atoms with Crippen LogP contribution < -0.4 is 4.90 Å². The topological polar surface area (TPSA) is 8.17 Å². The summed E-state index contributed by atoms with van der Waals surface area (Å²) >= 11 is 0. The molecule has 10 aromatic rings. The molecule has 2 nitrogen and oxygen atoms in total. The van der Waals surface area contributed by atoms with Gasteiger partial charge in [0.15, 0.2) is 0 Å². The van der Waals surface area contributed by atoms with Gasteiger partial charge in [-0.15, -0.1) is 0 Å². The number of rotatable bonds is 10. The first kappa shape index (κ1) is 37.3.